The fourth-order valence-corrected chi connectivity index (χ4v) is 2.58. The van der Waals surface area contributed by atoms with E-state index in [9.17, 15) is 14.4 Å². The Morgan fingerprint density at radius 3 is 2.31 bits per heavy atom. The monoisotopic (exact) mass is 354 g/mol. The molecule has 1 saturated heterocycles. The number of nitrogens with one attached hydrogen (secondary N) is 1. The minimum absolute atomic E-state index is 0.224. The van der Waals surface area contributed by atoms with Crippen LogP contribution < -0.4 is 10.2 Å². The molecule has 1 N–H and O–H groups in total. The van der Waals surface area contributed by atoms with Gasteiger partial charge in [0.15, 0.2) is 0 Å². The molecule has 0 spiro atoms. The second-order valence-electron chi connectivity index (χ2n) is 5.68. The molecule has 26 heavy (non-hydrogen) atoms. The highest BCUT2D eigenvalue weighted by molar-refractivity contribution is 5.95. The maximum absolute atomic E-state index is 12.2. The van der Waals surface area contributed by atoms with E-state index < -0.39 is 5.97 Å². The van der Waals surface area contributed by atoms with E-state index >= 15 is 0 Å². The molecule has 3 rings (SSSR count). The molecule has 7 nitrogen and oxygen atoms in total. The van der Waals surface area contributed by atoms with Crippen LogP contribution in [-0.4, -0.2) is 38.2 Å². The number of ether oxygens (including phenoxy) is 2. The first-order valence-corrected chi connectivity index (χ1v) is 8.08. The maximum atomic E-state index is 12.2. The van der Waals surface area contributed by atoms with E-state index in [1.54, 1.807) is 48.5 Å². The third-order valence-electron chi connectivity index (χ3n) is 4.03. The smallest absolute Gasteiger partial charge is 0.414 e. The summed E-state index contributed by atoms with van der Waals surface area (Å²) >= 11 is 0. The summed E-state index contributed by atoms with van der Waals surface area (Å²) in [7, 11) is 1.33. The first kappa shape index (κ1) is 17.5. The topological polar surface area (TPSA) is 84.9 Å². The van der Waals surface area contributed by atoms with E-state index in [2.05, 4.69) is 10.1 Å². The van der Waals surface area contributed by atoms with Gasteiger partial charge in [-0.05, 0) is 42.0 Å². The average molecular weight is 354 g/mol. The number of amides is 2. The van der Waals surface area contributed by atoms with Crippen molar-refractivity contribution in [3.05, 3.63) is 65.2 Å². The summed E-state index contributed by atoms with van der Waals surface area (Å²) in [6.45, 7) is 1.21. The number of cyclic esters (lactones) is 1. The number of hydrogen-bond donors (Lipinski definition) is 1. The molecule has 1 aliphatic heterocycles. The molecule has 1 aliphatic rings. The lowest BCUT2D eigenvalue weighted by Gasteiger charge is -2.13. The first-order valence-electron chi connectivity index (χ1n) is 8.08. The number of nitrogens with zero attached hydrogens (tertiary/aromatic N) is 1. The van der Waals surface area contributed by atoms with Crippen LogP contribution in [0.2, 0.25) is 0 Å². The normalized spacial score (nSPS) is 13.3. The second kappa shape index (κ2) is 7.69. The number of methoxy groups -OCH3 is 1. The van der Waals surface area contributed by atoms with Gasteiger partial charge in [0.25, 0.3) is 5.91 Å². The van der Waals surface area contributed by atoms with Gasteiger partial charge in [-0.2, -0.15) is 0 Å². The molecule has 0 saturated carbocycles. The molecule has 2 aromatic carbocycles. The van der Waals surface area contributed by atoms with Crippen molar-refractivity contribution < 1.29 is 23.9 Å². The van der Waals surface area contributed by atoms with Gasteiger partial charge in [-0.15, -0.1) is 0 Å². The zero-order chi connectivity index (χ0) is 18.5. The van der Waals surface area contributed by atoms with Crippen molar-refractivity contribution in [3.8, 4) is 0 Å². The standard InChI is InChI=1S/C19H18N2O5/c1-25-18(23)15-4-2-13(3-5-15)12-20-17(22)14-6-8-16(9-7-14)21-10-11-26-19(21)24/h2-9H,10-12H2,1H3,(H,20,22). The van der Waals surface area contributed by atoms with Crippen LogP contribution in [-0.2, 0) is 16.0 Å². The molecule has 0 radical (unpaired) electrons. The third kappa shape index (κ3) is 3.83. The Balaban J connectivity index is 1.58. The van der Waals surface area contributed by atoms with Crippen molar-refractivity contribution in [3.63, 3.8) is 0 Å². The van der Waals surface area contributed by atoms with Crippen molar-refractivity contribution >= 4 is 23.7 Å². The van der Waals surface area contributed by atoms with Gasteiger partial charge in [0, 0.05) is 17.8 Å². The van der Waals surface area contributed by atoms with E-state index in [1.165, 1.54) is 12.0 Å². The van der Waals surface area contributed by atoms with Crippen molar-refractivity contribution in [2.75, 3.05) is 25.2 Å². The minimum Gasteiger partial charge on any atom is -0.465 e. The van der Waals surface area contributed by atoms with Crippen LogP contribution in [0, 0.1) is 0 Å². The molecular formula is C19H18N2O5. The Hall–Kier alpha value is -3.35. The van der Waals surface area contributed by atoms with Gasteiger partial charge < -0.3 is 14.8 Å². The van der Waals surface area contributed by atoms with Crippen molar-refractivity contribution in [2.45, 2.75) is 6.54 Å². The molecule has 0 aliphatic carbocycles. The molecule has 0 aromatic heterocycles. The fourth-order valence-electron chi connectivity index (χ4n) is 2.58. The predicted molar refractivity (Wildman–Crippen MR) is 94.1 cm³/mol. The molecule has 1 heterocycles. The van der Waals surface area contributed by atoms with E-state index in [0.717, 1.165) is 5.56 Å². The van der Waals surface area contributed by atoms with Gasteiger partial charge in [-0.1, -0.05) is 12.1 Å². The van der Waals surface area contributed by atoms with Crippen LogP contribution in [0.5, 0.6) is 0 Å². The molecule has 0 atom stereocenters. The van der Waals surface area contributed by atoms with Crippen LogP contribution in [0.1, 0.15) is 26.3 Å². The second-order valence-corrected chi connectivity index (χ2v) is 5.68. The van der Waals surface area contributed by atoms with Crippen LogP contribution in [0.3, 0.4) is 0 Å². The highest BCUT2D eigenvalue weighted by Gasteiger charge is 2.23. The lowest BCUT2D eigenvalue weighted by atomic mass is 10.1. The van der Waals surface area contributed by atoms with Gasteiger partial charge >= 0.3 is 12.1 Å². The first-order chi connectivity index (χ1) is 12.6. The molecule has 2 amide bonds. The van der Waals surface area contributed by atoms with E-state index in [1.807, 2.05) is 0 Å². The number of anilines is 1. The largest absolute Gasteiger partial charge is 0.465 e. The van der Waals surface area contributed by atoms with Crippen LogP contribution in [0.15, 0.2) is 48.5 Å². The zero-order valence-corrected chi connectivity index (χ0v) is 14.2. The summed E-state index contributed by atoms with van der Waals surface area (Å²) in [5.41, 5.74) is 2.51. The predicted octanol–water partition coefficient (Wildman–Crippen LogP) is 2.36. The highest BCUT2D eigenvalue weighted by atomic mass is 16.6. The summed E-state index contributed by atoms with van der Waals surface area (Å²) < 4.78 is 9.54. The van der Waals surface area contributed by atoms with Crippen molar-refractivity contribution in [1.29, 1.82) is 0 Å². The Bertz CT molecular complexity index is 815. The Morgan fingerprint density at radius 1 is 1.08 bits per heavy atom. The molecule has 0 unspecified atom stereocenters. The van der Waals surface area contributed by atoms with Gasteiger partial charge in [0.1, 0.15) is 6.61 Å². The summed E-state index contributed by atoms with van der Waals surface area (Å²) in [6.07, 6.45) is -0.377. The van der Waals surface area contributed by atoms with Gasteiger partial charge in [0.2, 0.25) is 0 Å². The number of esters is 1. The zero-order valence-electron chi connectivity index (χ0n) is 14.2. The Morgan fingerprint density at radius 2 is 1.73 bits per heavy atom. The lowest BCUT2D eigenvalue weighted by molar-refractivity contribution is 0.0600. The molecule has 134 valence electrons. The summed E-state index contributed by atoms with van der Waals surface area (Å²) in [4.78, 5) is 36.7. The van der Waals surface area contributed by atoms with Crippen LogP contribution in [0.25, 0.3) is 0 Å². The average Bonchev–Trinajstić information content (AvgIpc) is 3.12. The highest BCUT2D eigenvalue weighted by Crippen LogP contribution is 2.19. The minimum atomic E-state index is -0.400. The van der Waals surface area contributed by atoms with Crippen molar-refractivity contribution in [1.82, 2.24) is 5.32 Å². The van der Waals surface area contributed by atoms with Crippen LogP contribution in [0.4, 0.5) is 10.5 Å². The number of carbonyl (C=O) groups excluding carboxylic acids is 3. The van der Waals surface area contributed by atoms with E-state index in [4.69, 9.17) is 4.74 Å². The molecule has 7 heteroatoms. The van der Waals surface area contributed by atoms with Crippen molar-refractivity contribution in [2.24, 2.45) is 0 Å². The SMILES string of the molecule is COC(=O)c1ccc(CNC(=O)c2ccc(N3CCOC3=O)cc2)cc1. The Kier molecular flexibility index (Phi) is 5.17. The Labute approximate surface area is 150 Å². The maximum Gasteiger partial charge on any atom is 0.414 e. The third-order valence-corrected chi connectivity index (χ3v) is 4.03. The summed E-state index contributed by atoms with van der Waals surface area (Å²) in [5.74, 6) is -0.625. The molecular weight excluding hydrogens is 336 g/mol. The fraction of sp³-hybridized carbons (Fsp3) is 0.211. The quantitative estimate of drug-likeness (QED) is 0.833. The van der Waals surface area contributed by atoms with E-state index in [0.29, 0.717) is 36.5 Å². The number of rotatable bonds is 5. The number of carbonyl (C=O) groups is 3. The van der Waals surface area contributed by atoms with Gasteiger partial charge in [-0.25, -0.2) is 9.59 Å². The molecule has 1 fully saturated rings. The number of benzene rings is 2. The van der Waals surface area contributed by atoms with Gasteiger partial charge in [0.05, 0.1) is 19.2 Å². The van der Waals surface area contributed by atoms with E-state index in [-0.39, 0.29) is 12.0 Å². The summed E-state index contributed by atoms with van der Waals surface area (Å²) in [5, 5.41) is 2.82. The summed E-state index contributed by atoms with van der Waals surface area (Å²) in [6, 6.07) is 13.6. The van der Waals surface area contributed by atoms with Crippen LogP contribution >= 0.6 is 0 Å². The lowest BCUT2D eigenvalue weighted by Crippen LogP contribution is -2.24. The van der Waals surface area contributed by atoms with Gasteiger partial charge in [-0.3, -0.25) is 9.69 Å². The molecule has 0 bridgehead atoms. The number of hydrogen-bond acceptors (Lipinski definition) is 5. The molecule has 2 aromatic rings.